The number of fused-ring (bicyclic) bond motifs is 2. The molecule has 25 heavy (non-hydrogen) atoms. The second kappa shape index (κ2) is 6.26. The first-order valence-electron chi connectivity index (χ1n) is 7.91. The van der Waals surface area contributed by atoms with Gasteiger partial charge in [0.1, 0.15) is 11.5 Å². The minimum Gasteiger partial charge on any atom is -0.508 e. The van der Waals surface area contributed by atoms with Gasteiger partial charge in [-0.2, -0.15) is 0 Å². The quantitative estimate of drug-likeness (QED) is 0.726. The zero-order valence-electron chi connectivity index (χ0n) is 13.2. The number of nitrogens with one attached hydrogen (secondary N) is 1. The second-order valence-electron chi connectivity index (χ2n) is 5.95. The number of pyridine rings is 1. The lowest BCUT2D eigenvalue weighted by Gasteiger charge is -2.25. The lowest BCUT2D eigenvalue weighted by molar-refractivity contribution is -0.118. The molecule has 6 heteroatoms. The average Bonchev–Trinajstić information content (AvgIpc) is 2.61. The number of benzene rings is 2. The largest absolute Gasteiger partial charge is 0.508 e. The number of rotatable bonds is 2. The number of ether oxygens (including phenoxy) is 1. The van der Waals surface area contributed by atoms with Gasteiger partial charge in [-0.3, -0.25) is 9.78 Å². The van der Waals surface area contributed by atoms with E-state index in [1.807, 2.05) is 0 Å². The number of carbonyl (C=O) groups is 1. The van der Waals surface area contributed by atoms with Crippen LogP contribution in [0.5, 0.6) is 11.5 Å². The highest BCUT2D eigenvalue weighted by Gasteiger charge is 2.28. The molecule has 2 heterocycles. The number of carbonyl (C=O) groups excluding carboxylic acids is 1. The van der Waals surface area contributed by atoms with Gasteiger partial charge < -0.3 is 15.2 Å². The number of amides is 1. The first kappa shape index (κ1) is 15.7. The van der Waals surface area contributed by atoms with Crippen molar-refractivity contribution in [1.82, 2.24) is 4.98 Å². The molecule has 0 fully saturated rings. The number of halogens is 1. The Morgan fingerprint density at radius 1 is 1.24 bits per heavy atom. The summed E-state index contributed by atoms with van der Waals surface area (Å²) >= 11 is 6.08. The molecule has 4 rings (SSSR count). The molecule has 5 nitrogen and oxygen atoms in total. The van der Waals surface area contributed by atoms with Crippen LogP contribution >= 0.6 is 11.6 Å². The third kappa shape index (κ3) is 2.98. The van der Waals surface area contributed by atoms with Crippen LogP contribution in [0.1, 0.15) is 17.9 Å². The molecule has 3 aromatic rings. The molecular formula is C19H15ClN2O3. The number of aromatic hydroxyl groups is 1. The molecule has 0 aliphatic carbocycles. The van der Waals surface area contributed by atoms with E-state index in [9.17, 15) is 9.90 Å². The monoisotopic (exact) mass is 354 g/mol. The van der Waals surface area contributed by atoms with Crippen LogP contribution in [0, 0.1) is 0 Å². The standard InChI is InChI=1S/C19H15ClN2O3/c20-12-2-4-18-16(7-12)14(5-6-25-18)19(24)22-17-10-21-9-11-1-3-13(23)8-15(11)17/h1-4,7-10,14,23H,5-6H2,(H,22,24)/t14-/m0/s1. The summed E-state index contributed by atoms with van der Waals surface area (Å²) in [7, 11) is 0. The summed E-state index contributed by atoms with van der Waals surface area (Å²) < 4.78 is 5.61. The number of phenols is 1. The minimum atomic E-state index is -0.352. The van der Waals surface area contributed by atoms with Gasteiger partial charge in [0.05, 0.1) is 24.4 Å². The summed E-state index contributed by atoms with van der Waals surface area (Å²) in [6.45, 7) is 0.474. The van der Waals surface area contributed by atoms with E-state index in [-0.39, 0.29) is 17.6 Å². The lowest BCUT2D eigenvalue weighted by atomic mass is 9.92. The third-order valence-electron chi connectivity index (χ3n) is 4.33. The number of nitrogens with zero attached hydrogens (tertiary/aromatic N) is 1. The van der Waals surface area contributed by atoms with Crippen molar-refractivity contribution < 1.29 is 14.6 Å². The van der Waals surface area contributed by atoms with Gasteiger partial charge in [0.15, 0.2) is 0 Å². The van der Waals surface area contributed by atoms with E-state index in [0.717, 1.165) is 16.3 Å². The Morgan fingerprint density at radius 2 is 2.12 bits per heavy atom. The van der Waals surface area contributed by atoms with Crippen molar-refractivity contribution in [2.24, 2.45) is 0 Å². The second-order valence-corrected chi connectivity index (χ2v) is 6.39. The van der Waals surface area contributed by atoms with E-state index in [4.69, 9.17) is 16.3 Å². The lowest BCUT2D eigenvalue weighted by Crippen LogP contribution is -2.26. The van der Waals surface area contributed by atoms with Crippen LogP contribution in [0.15, 0.2) is 48.8 Å². The number of aromatic nitrogens is 1. The summed E-state index contributed by atoms with van der Waals surface area (Å²) in [5, 5.41) is 14.8. The van der Waals surface area contributed by atoms with E-state index in [0.29, 0.717) is 29.5 Å². The van der Waals surface area contributed by atoms with Crippen molar-refractivity contribution in [3.8, 4) is 11.5 Å². The maximum Gasteiger partial charge on any atom is 0.232 e. The minimum absolute atomic E-state index is 0.136. The maximum atomic E-state index is 12.9. The van der Waals surface area contributed by atoms with Crippen molar-refractivity contribution in [3.05, 3.63) is 59.4 Å². The summed E-state index contributed by atoms with van der Waals surface area (Å²) in [6, 6.07) is 10.3. The normalized spacial score (nSPS) is 16.1. The molecule has 1 aromatic heterocycles. The Balaban J connectivity index is 1.68. The fourth-order valence-corrected chi connectivity index (χ4v) is 3.29. The highest BCUT2D eigenvalue weighted by molar-refractivity contribution is 6.30. The van der Waals surface area contributed by atoms with Gasteiger partial charge in [0.25, 0.3) is 0 Å². The highest BCUT2D eigenvalue weighted by Crippen LogP contribution is 2.36. The number of phenolic OH excluding ortho intramolecular Hbond substituents is 1. The van der Waals surface area contributed by atoms with Crippen molar-refractivity contribution in [1.29, 1.82) is 0 Å². The van der Waals surface area contributed by atoms with E-state index in [1.165, 1.54) is 0 Å². The van der Waals surface area contributed by atoms with Crippen molar-refractivity contribution in [3.63, 3.8) is 0 Å². The summed E-state index contributed by atoms with van der Waals surface area (Å²) in [5.41, 5.74) is 1.35. The summed E-state index contributed by atoms with van der Waals surface area (Å²) in [4.78, 5) is 17.0. The maximum absolute atomic E-state index is 12.9. The number of hydrogen-bond donors (Lipinski definition) is 2. The molecule has 0 bridgehead atoms. The molecule has 0 unspecified atom stereocenters. The molecule has 1 aliphatic rings. The Morgan fingerprint density at radius 3 is 3.00 bits per heavy atom. The van der Waals surface area contributed by atoms with Crippen LogP contribution in [0.3, 0.4) is 0 Å². The molecule has 126 valence electrons. The SMILES string of the molecule is O=C(Nc1cncc2ccc(O)cc12)[C@H]1CCOc2ccc(Cl)cc21. The van der Waals surface area contributed by atoms with Crippen LogP contribution in [0.2, 0.25) is 5.02 Å². The van der Waals surface area contributed by atoms with Crippen molar-refractivity contribution in [2.75, 3.05) is 11.9 Å². The average molecular weight is 355 g/mol. The molecule has 0 spiro atoms. The van der Waals surface area contributed by atoms with E-state index in [2.05, 4.69) is 10.3 Å². The summed E-state index contributed by atoms with van der Waals surface area (Å²) in [5.74, 6) is 0.321. The number of anilines is 1. The van der Waals surface area contributed by atoms with Crippen LogP contribution < -0.4 is 10.1 Å². The van der Waals surface area contributed by atoms with Gasteiger partial charge in [0.2, 0.25) is 5.91 Å². The van der Waals surface area contributed by atoms with E-state index >= 15 is 0 Å². The summed E-state index contributed by atoms with van der Waals surface area (Å²) in [6.07, 6.45) is 3.84. The molecule has 1 aliphatic heterocycles. The van der Waals surface area contributed by atoms with Gasteiger partial charge in [0, 0.05) is 27.6 Å². The van der Waals surface area contributed by atoms with Crippen LogP contribution in [-0.4, -0.2) is 22.6 Å². The number of hydrogen-bond acceptors (Lipinski definition) is 4. The van der Waals surface area contributed by atoms with Gasteiger partial charge in [-0.05, 0) is 42.8 Å². The Hall–Kier alpha value is -2.79. The molecule has 0 radical (unpaired) electrons. The Kier molecular flexibility index (Phi) is 3.93. The Labute approximate surface area is 149 Å². The van der Waals surface area contributed by atoms with Crippen LogP contribution in [-0.2, 0) is 4.79 Å². The zero-order valence-corrected chi connectivity index (χ0v) is 14.0. The molecule has 0 saturated carbocycles. The van der Waals surface area contributed by atoms with E-state index < -0.39 is 0 Å². The zero-order chi connectivity index (χ0) is 17.4. The fourth-order valence-electron chi connectivity index (χ4n) is 3.11. The van der Waals surface area contributed by atoms with Gasteiger partial charge in [-0.25, -0.2) is 0 Å². The smallest absolute Gasteiger partial charge is 0.232 e. The molecular weight excluding hydrogens is 340 g/mol. The first-order chi connectivity index (χ1) is 12.1. The molecule has 0 saturated heterocycles. The van der Waals surface area contributed by atoms with Gasteiger partial charge in [-0.15, -0.1) is 0 Å². The van der Waals surface area contributed by atoms with Gasteiger partial charge in [-0.1, -0.05) is 11.6 Å². The first-order valence-corrected chi connectivity index (χ1v) is 8.29. The molecule has 2 aromatic carbocycles. The predicted octanol–water partition coefficient (Wildman–Crippen LogP) is 4.10. The Bertz CT molecular complexity index is 974. The topological polar surface area (TPSA) is 71.5 Å². The molecule has 1 amide bonds. The van der Waals surface area contributed by atoms with Crippen LogP contribution in [0.25, 0.3) is 10.8 Å². The predicted molar refractivity (Wildman–Crippen MR) is 96.3 cm³/mol. The molecule has 2 N–H and O–H groups in total. The fraction of sp³-hybridized carbons (Fsp3) is 0.158. The van der Waals surface area contributed by atoms with Gasteiger partial charge >= 0.3 is 0 Å². The van der Waals surface area contributed by atoms with Crippen molar-refractivity contribution >= 4 is 34.0 Å². The van der Waals surface area contributed by atoms with Crippen LogP contribution in [0.4, 0.5) is 5.69 Å². The molecule has 1 atom stereocenters. The van der Waals surface area contributed by atoms with Crippen molar-refractivity contribution in [2.45, 2.75) is 12.3 Å². The third-order valence-corrected chi connectivity index (χ3v) is 4.57. The van der Waals surface area contributed by atoms with E-state index in [1.54, 1.807) is 48.8 Å². The highest BCUT2D eigenvalue weighted by atomic mass is 35.5.